The second kappa shape index (κ2) is 5.17. The van der Waals surface area contributed by atoms with Crippen LogP contribution in [0.1, 0.15) is 49.1 Å². The van der Waals surface area contributed by atoms with Gasteiger partial charge < -0.3 is 5.43 Å². The quantitative estimate of drug-likeness (QED) is 0.632. The molecule has 0 amide bonds. The topological polar surface area (TPSA) is 50.9 Å². The molecule has 3 N–H and O–H groups in total. The lowest BCUT2D eigenvalue weighted by molar-refractivity contribution is 0.444. The molecule has 3 nitrogen and oxygen atoms in total. The zero-order valence-corrected chi connectivity index (χ0v) is 11.4. The van der Waals surface area contributed by atoms with E-state index in [1.807, 2.05) is 0 Å². The molecule has 2 aromatic rings. The monoisotopic (exact) mass is 255 g/mol. The summed E-state index contributed by atoms with van der Waals surface area (Å²) in [5.74, 6) is 7.14. The highest BCUT2D eigenvalue weighted by Gasteiger charge is 2.19. The van der Waals surface area contributed by atoms with Crippen molar-refractivity contribution in [3.05, 3.63) is 35.4 Å². The zero-order chi connectivity index (χ0) is 13.2. The van der Waals surface area contributed by atoms with Gasteiger partial charge in [0.2, 0.25) is 0 Å². The molecule has 100 valence electrons. The first kappa shape index (κ1) is 12.4. The number of nitrogens with one attached hydrogen (secondary N) is 1. The number of fused-ring (bicyclic) bond motifs is 1. The number of hydrogen-bond acceptors (Lipinski definition) is 3. The predicted octanol–water partition coefficient (Wildman–Crippen LogP) is 3.88. The minimum atomic E-state index is 0.609. The minimum Gasteiger partial charge on any atom is -0.308 e. The molecule has 1 aromatic heterocycles. The first-order chi connectivity index (χ1) is 9.28. The van der Waals surface area contributed by atoms with E-state index in [4.69, 9.17) is 10.8 Å². The van der Waals surface area contributed by atoms with Crippen LogP contribution in [-0.2, 0) is 0 Å². The van der Waals surface area contributed by atoms with Gasteiger partial charge in [-0.25, -0.2) is 10.8 Å². The van der Waals surface area contributed by atoms with E-state index in [1.165, 1.54) is 48.6 Å². The molecule has 0 bridgehead atoms. The number of benzene rings is 1. The number of hydrogen-bond donors (Lipinski definition) is 2. The standard InChI is InChI=1S/C16H21N3/c1-11-7-8-13-10-14(12-5-3-2-4-6-12)16(19-17)18-15(13)9-11/h7-10,12H,2-6,17H2,1H3,(H,18,19). The first-order valence-corrected chi connectivity index (χ1v) is 7.16. The number of anilines is 1. The van der Waals surface area contributed by atoms with Crippen LogP contribution in [0.3, 0.4) is 0 Å². The van der Waals surface area contributed by atoms with E-state index < -0.39 is 0 Å². The van der Waals surface area contributed by atoms with Gasteiger partial charge in [-0.1, -0.05) is 31.4 Å². The van der Waals surface area contributed by atoms with Crippen molar-refractivity contribution in [2.24, 2.45) is 5.84 Å². The van der Waals surface area contributed by atoms with Crippen LogP contribution in [0, 0.1) is 6.92 Å². The molecule has 1 aliphatic carbocycles. The van der Waals surface area contributed by atoms with Crippen LogP contribution in [0.2, 0.25) is 0 Å². The number of nitrogen functional groups attached to an aromatic ring is 1. The number of pyridine rings is 1. The van der Waals surface area contributed by atoms with E-state index in [0.29, 0.717) is 5.92 Å². The maximum atomic E-state index is 5.67. The lowest BCUT2D eigenvalue weighted by atomic mass is 9.84. The summed E-state index contributed by atoms with van der Waals surface area (Å²) < 4.78 is 0. The van der Waals surface area contributed by atoms with Gasteiger partial charge >= 0.3 is 0 Å². The molecule has 0 atom stereocenters. The van der Waals surface area contributed by atoms with E-state index in [0.717, 1.165) is 11.3 Å². The molecule has 0 spiro atoms. The van der Waals surface area contributed by atoms with Gasteiger partial charge in [0.15, 0.2) is 0 Å². The van der Waals surface area contributed by atoms with E-state index in [-0.39, 0.29) is 0 Å². The molecular formula is C16H21N3. The van der Waals surface area contributed by atoms with Crippen LogP contribution in [0.4, 0.5) is 5.82 Å². The fourth-order valence-corrected chi connectivity index (χ4v) is 3.13. The van der Waals surface area contributed by atoms with E-state index in [9.17, 15) is 0 Å². The molecule has 1 heterocycles. The van der Waals surface area contributed by atoms with E-state index >= 15 is 0 Å². The van der Waals surface area contributed by atoms with Crippen molar-refractivity contribution in [3.8, 4) is 0 Å². The molecule has 0 radical (unpaired) electrons. The molecule has 19 heavy (non-hydrogen) atoms. The van der Waals surface area contributed by atoms with Crippen molar-refractivity contribution < 1.29 is 0 Å². The van der Waals surface area contributed by atoms with Crippen LogP contribution in [-0.4, -0.2) is 4.98 Å². The molecule has 0 unspecified atom stereocenters. The summed E-state index contributed by atoms with van der Waals surface area (Å²) in [7, 11) is 0. The van der Waals surface area contributed by atoms with Gasteiger partial charge in [0.05, 0.1) is 5.52 Å². The van der Waals surface area contributed by atoms with Crippen LogP contribution >= 0.6 is 0 Å². The van der Waals surface area contributed by atoms with Crippen LogP contribution < -0.4 is 11.3 Å². The van der Waals surface area contributed by atoms with Gasteiger partial charge in [0.25, 0.3) is 0 Å². The van der Waals surface area contributed by atoms with E-state index in [1.54, 1.807) is 0 Å². The molecular weight excluding hydrogens is 234 g/mol. The average Bonchev–Trinajstić information content (AvgIpc) is 2.46. The van der Waals surface area contributed by atoms with Crippen LogP contribution in [0.15, 0.2) is 24.3 Å². The van der Waals surface area contributed by atoms with Crippen LogP contribution in [0.5, 0.6) is 0 Å². The second-order valence-corrected chi connectivity index (χ2v) is 5.60. The lowest BCUT2D eigenvalue weighted by Crippen LogP contribution is -2.14. The molecule has 3 heteroatoms. The summed E-state index contributed by atoms with van der Waals surface area (Å²) in [6.07, 6.45) is 6.52. The fraction of sp³-hybridized carbons (Fsp3) is 0.438. The van der Waals surface area contributed by atoms with Crippen molar-refractivity contribution in [1.29, 1.82) is 0 Å². The number of aryl methyl sites for hydroxylation is 1. The second-order valence-electron chi connectivity index (χ2n) is 5.60. The lowest BCUT2D eigenvalue weighted by Gasteiger charge is -2.24. The van der Waals surface area contributed by atoms with Crippen molar-refractivity contribution in [1.82, 2.24) is 4.98 Å². The van der Waals surface area contributed by atoms with E-state index in [2.05, 4.69) is 36.6 Å². The van der Waals surface area contributed by atoms with Gasteiger partial charge in [0.1, 0.15) is 5.82 Å². The highest BCUT2D eigenvalue weighted by molar-refractivity contribution is 5.82. The maximum absolute atomic E-state index is 5.67. The van der Waals surface area contributed by atoms with Crippen molar-refractivity contribution >= 4 is 16.7 Å². The summed E-state index contributed by atoms with van der Waals surface area (Å²) >= 11 is 0. The Balaban J connectivity index is 2.09. The summed E-state index contributed by atoms with van der Waals surface area (Å²) in [6, 6.07) is 8.68. The maximum Gasteiger partial charge on any atom is 0.144 e. The SMILES string of the molecule is Cc1ccc2cc(C3CCCCC3)c(NN)nc2c1. The third kappa shape index (κ3) is 2.43. The number of hydrazine groups is 1. The number of nitrogens with two attached hydrogens (primary N) is 1. The van der Waals surface area contributed by atoms with Gasteiger partial charge in [-0.2, -0.15) is 0 Å². The van der Waals surface area contributed by atoms with Crippen molar-refractivity contribution in [2.75, 3.05) is 5.43 Å². The first-order valence-electron chi connectivity index (χ1n) is 7.16. The number of nitrogens with zero attached hydrogens (tertiary/aromatic N) is 1. The Morgan fingerprint density at radius 2 is 1.95 bits per heavy atom. The van der Waals surface area contributed by atoms with Gasteiger partial charge in [0, 0.05) is 5.39 Å². The van der Waals surface area contributed by atoms with Crippen LogP contribution in [0.25, 0.3) is 10.9 Å². The Bertz CT molecular complexity index is 586. The molecule has 0 aliphatic heterocycles. The van der Waals surface area contributed by atoms with Gasteiger partial charge in [-0.3, -0.25) is 0 Å². The molecule has 1 saturated carbocycles. The summed E-state index contributed by atoms with van der Waals surface area (Å²) in [5, 5.41) is 1.21. The Kier molecular flexibility index (Phi) is 3.38. The van der Waals surface area contributed by atoms with Gasteiger partial charge in [-0.15, -0.1) is 0 Å². The predicted molar refractivity (Wildman–Crippen MR) is 80.1 cm³/mol. The average molecular weight is 255 g/mol. The Morgan fingerprint density at radius 1 is 1.16 bits per heavy atom. The third-order valence-electron chi connectivity index (χ3n) is 4.18. The van der Waals surface area contributed by atoms with Crippen molar-refractivity contribution in [2.45, 2.75) is 44.9 Å². The Labute approximate surface area is 114 Å². The Hall–Kier alpha value is -1.61. The molecule has 1 aromatic carbocycles. The summed E-state index contributed by atoms with van der Waals surface area (Å²) in [6.45, 7) is 2.09. The third-order valence-corrected chi connectivity index (χ3v) is 4.18. The summed E-state index contributed by atoms with van der Waals surface area (Å²) in [5.41, 5.74) is 6.33. The van der Waals surface area contributed by atoms with Gasteiger partial charge in [-0.05, 0) is 48.9 Å². The smallest absolute Gasteiger partial charge is 0.144 e. The minimum absolute atomic E-state index is 0.609. The zero-order valence-electron chi connectivity index (χ0n) is 11.4. The Morgan fingerprint density at radius 3 is 2.68 bits per heavy atom. The normalized spacial score (nSPS) is 16.7. The molecule has 1 aliphatic rings. The molecule has 3 rings (SSSR count). The molecule has 0 saturated heterocycles. The van der Waals surface area contributed by atoms with Crippen molar-refractivity contribution in [3.63, 3.8) is 0 Å². The highest BCUT2D eigenvalue weighted by atomic mass is 15.2. The number of rotatable bonds is 2. The summed E-state index contributed by atoms with van der Waals surface area (Å²) in [4.78, 5) is 4.69. The number of aromatic nitrogens is 1. The fourth-order valence-electron chi connectivity index (χ4n) is 3.13. The largest absolute Gasteiger partial charge is 0.308 e. The highest BCUT2D eigenvalue weighted by Crippen LogP contribution is 2.36. The molecule has 1 fully saturated rings.